The number of carboxylic acid groups (broad SMARTS) is 1. The molecule has 0 unspecified atom stereocenters. The molecular formula is C21H26F2N4O3. The van der Waals surface area contributed by atoms with Crippen molar-refractivity contribution in [3.63, 3.8) is 0 Å². The van der Waals surface area contributed by atoms with E-state index < -0.39 is 35.0 Å². The van der Waals surface area contributed by atoms with E-state index in [1.807, 2.05) is 11.9 Å². The predicted molar refractivity (Wildman–Crippen MR) is 112 cm³/mol. The monoisotopic (exact) mass is 420 g/mol. The van der Waals surface area contributed by atoms with E-state index in [9.17, 15) is 19.1 Å². The molecule has 4 rings (SSSR count). The summed E-state index contributed by atoms with van der Waals surface area (Å²) >= 11 is 0. The van der Waals surface area contributed by atoms with Gasteiger partial charge in [0.15, 0.2) is 5.82 Å². The first-order valence-electron chi connectivity index (χ1n) is 10.1. The van der Waals surface area contributed by atoms with Crippen molar-refractivity contribution in [2.75, 3.05) is 30.8 Å². The van der Waals surface area contributed by atoms with E-state index in [0.717, 1.165) is 6.42 Å². The number of nitrogen functional groups attached to an aromatic ring is 1. The van der Waals surface area contributed by atoms with Gasteiger partial charge in [0.1, 0.15) is 11.7 Å². The summed E-state index contributed by atoms with van der Waals surface area (Å²) in [7, 11) is 1.88. The van der Waals surface area contributed by atoms with Crippen LogP contribution in [0.3, 0.4) is 0 Å². The molecule has 1 aliphatic carbocycles. The lowest BCUT2D eigenvalue weighted by molar-refractivity contribution is 0.0694. The van der Waals surface area contributed by atoms with E-state index in [1.165, 1.54) is 10.8 Å². The third-order valence-corrected chi connectivity index (χ3v) is 6.63. The Bertz CT molecular complexity index is 1100. The number of aryl methyl sites for hydroxylation is 1. The second kappa shape index (κ2) is 7.23. The normalized spacial score (nSPS) is 24.4. The zero-order chi connectivity index (χ0) is 21.9. The zero-order valence-electron chi connectivity index (χ0n) is 17.2. The molecule has 0 amide bonds. The lowest BCUT2D eigenvalue weighted by atomic mass is 10.0. The number of rotatable bonds is 5. The van der Waals surface area contributed by atoms with Gasteiger partial charge in [-0.05, 0) is 38.8 Å². The second-order valence-corrected chi connectivity index (χ2v) is 8.40. The van der Waals surface area contributed by atoms with Gasteiger partial charge in [-0.25, -0.2) is 13.6 Å². The highest BCUT2D eigenvalue weighted by Crippen LogP contribution is 2.44. The minimum absolute atomic E-state index is 0.188. The number of pyridine rings is 1. The van der Waals surface area contributed by atoms with Gasteiger partial charge in [0.25, 0.3) is 0 Å². The van der Waals surface area contributed by atoms with Gasteiger partial charge in [-0.15, -0.1) is 0 Å². The molecule has 4 atom stereocenters. The number of carboxylic acids is 1. The van der Waals surface area contributed by atoms with Crippen molar-refractivity contribution in [3.8, 4) is 0 Å². The fourth-order valence-electron chi connectivity index (χ4n) is 4.64. The summed E-state index contributed by atoms with van der Waals surface area (Å²) in [6, 6.07) is -0.329. The van der Waals surface area contributed by atoms with Gasteiger partial charge in [-0.3, -0.25) is 4.79 Å². The molecule has 1 saturated heterocycles. The maximum atomic E-state index is 15.4. The Morgan fingerprint density at radius 1 is 1.43 bits per heavy atom. The van der Waals surface area contributed by atoms with Gasteiger partial charge in [0.05, 0.1) is 28.3 Å². The molecule has 4 N–H and O–H groups in total. The minimum atomic E-state index is -1.45. The van der Waals surface area contributed by atoms with Crippen LogP contribution in [0.15, 0.2) is 11.0 Å². The molecule has 0 spiro atoms. The van der Waals surface area contributed by atoms with Crippen molar-refractivity contribution in [2.45, 2.75) is 44.9 Å². The lowest BCUT2D eigenvalue weighted by Crippen LogP contribution is -2.33. The Balaban J connectivity index is 1.96. The molecule has 0 bridgehead atoms. The highest BCUT2D eigenvalue weighted by molar-refractivity contribution is 6.01. The molecule has 2 fully saturated rings. The molecule has 1 aromatic carbocycles. The van der Waals surface area contributed by atoms with Crippen molar-refractivity contribution in [2.24, 2.45) is 5.92 Å². The fraction of sp³-hybridized carbons (Fsp3) is 0.524. The average molecular weight is 420 g/mol. The van der Waals surface area contributed by atoms with Crippen LogP contribution in [0.25, 0.3) is 10.9 Å². The number of nitrogens with zero attached hydrogens (tertiary/aromatic N) is 2. The Labute approximate surface area is 172 Å². The fourth-order valence-corrected chi connectivity index (χ4v) is 4.64. The molecule has 2 aliphatic rings. The van der Waals surface area contributed by atoms with Gasteiger partial charge < -0.3 is 25.6 Å². The topological polar surface area (TPSA) is 101 Å². The molecule has 2 aromatic rings. The summed E-state index contributed by atoms with van der Waals surface area (Å²) in [6.07, 6.45) is 1.12. The lowest BCUT2D eigenvalue weighted by Gasteiger charge is -2.26. The van der Waals surface area contributed by atoms with Crippen LogP contribution in [0.5, 0.6) is 0 Å². The first-order chi connectivity index (χ1) is 14.2. The number of carbonyl (C=O) groups is 1. The summed E-state index contributed by atoms with van der Waals surface area (Å²) in [6.45, 7) is 5.01. The van der Waals surface area contributed by atoms with Crippen molar-refractivity contribution < 1.29 is 18.7 Å². The minimum Gasteiger partial charge on any atom is -0.477 e. The number of alkyl halides is 1. The van der Waals surface area contributed by atoms with Crippen molar-refractivity contribution in [1.82, 2.24) is 9.88 Å². The van der Waals surface area contributed by atoms with Crippen LogP contribution in [-0.4, -0.2) is 48.0 Å². The number of halogens is 2. The second-order valence-electron chi connectivity index (χ2n) is 8.40. The van der Waals surface area contributed by atoms with Gasteiger partial charge >= 0.3 is 5.97 Å². The summed E-state index contributed by atoms with van der Waals surface area (Å²) in [5, 5.41) is 12.5. The number of fused-ring (bicyclic) bond motifs is 1. The smallest absolute Gasteiger partial charge is 0.341 e. The molecule has 7 nitrogen and oxygen atoms in total. The number of nitrogens with one attached hydrogen (secondary N) is 1. The number of anilines is 2. The van der Waals surface area contributed by atoms with Crippen LogP contribution in [-0.2, 0) is 0 Å². The molecule has 2 heterocycles. The molecule has 1 aromatic heterocycles. The highest BCUT2D eigenvalue weighted by atomic mass is 19.1. The Kier molecular flexibility index (Phi) is 4.96. The van der Waals surface area contributed by atoms with Crippen molar-refractivity contribution >= 4 is 28.2 Å². The van der Waals surface area contributed by atoms with Crippen LogP contribution in [0, 0.1) is 18.7 Å². The first kappa shape index (κ1) is 20.6. The van der Waals surface area contributed by atoms with Crippen LogP contribution in [0.4, 0.5) is 20.2 Å². The maximum Gasteiger partial charge on any atom is 0.341 e. The summed E-state index contributed by atoms with van der Waals surface area (Å²) in [5.74, 6) is -1.85. The number of nitrogens with two attached hydrogens (primary N) is 1. The maximum absolute atomic E-state index is 15.4. The molecule has 162 valence electrons. The van der Waals surface area contributed by atoms with Crippen molar-refractivity contribution in [3.05, 3.63) is 33.4 Å². The number of benzene rings is 1. The predicted octanol–water partition coefficient (Wildman–Crippen LogP) is 2.45. The van der Waals surface area contributed by atoms with Gasteiger partial charge in [0, 0.05) is 31.7 Å². The number of aromatic nitrogens is 1. The number of aromatic carboxylic acids is 1. The molecule has 1 saturated carbocycles. The number of hydrogen-bond donors (Lipinski definition) is 3. The summed E-state index contributed by atoms with van der Waals surface area (Å²) < 4.78 is 30.8. The van der Waals surface area contributed by atoms with E-state index in [1.54, 1.807) is 6.92 Å². The third-order valence-electron chi connectivity index (χ3n) is 6.63. The Morgan fingerprint density at radius 2 is 2.10 bits per heavy atom. The molecule has 30 heavy (non-hydrogen) atoms. The SMILES string of the molecule is CN[C@@H](C)[C@@H]1CCN(c2c(F)c(N)c3c(=O)c(C(=O)O)cn([C@@H]4C[C@@H]4F)c3c2C)C1. The van der Waals surface area contributed by atoms with E-state index in [-0.39, 0.29) is 23.5 Å². The van der Waals surface area contributed by atoms with Crippen LogP contribution in [0.2, 0.25) is 0 Å². The highest BCUT2D eigenvalue weighted by Gasteiger charge is 2.41. The summed E-state index contributed by atoms with van der Waals surface area (Å²) in [5.41, 5.74) is 5.38. The standard InChI is InChI=1S/C21H26F2N4O3/c1-9-18-15(20(28)12(21(29)30)8-27(18)14-6-13(14)22)17(24)16(23)19(9)26-5-4-11(7-26)10(2)25-3/h8,10-11,13-14,25H,4-7,24H2,1-3H3,(H,29,30)/t10-,11+,13-,14+/m0/s1. The summed E-state index contributed by atoms with van der Waals surface area (Å²) in [4.78, 5) is 26.3. The van der Waals surface area contributed by atoms with E-state index in [2.05, 4.69) is 12.2 Å². The molecular weight excluding hydrogens is 394 g/mol. The zero-order valence-corrected chi connectivity index (χ0v) is 17.2. The Morgan fingerprint density at radius 3 is 2.67 bits per heavy atom. The van der Waals surface area contributed by atoms with E-state index >= 15 is 4.39 Å². The number of hydrogen-bond acceptors (Lipinski definition) is 5. The molecule has 9 heteroatoms. The largest absolute Gasteiger partial charge is 0.477 e. The quantitative estimate of drug-likeness (QED) is 0.643. The molecule has 1 aliphatic heterocycles. The first-order valence-corrected chi connectivity index (χ1v) is 10.1. The van der Waals surface area contributed by atoms with Crippen molar-refractivity contribution in [1.29, 1.82) is 0 Å². The van der Waals surface area contributed by atoms with Gasteiger partial charge in [0.2, 0.25) is 5.43 Å². The third kappa shape index (κ3) is 3.03. The Hall–Kier alpha value is -2.68. The van der Waals surface area contributed by atoms with E-state index in [0.29, 0.717) is 35.8 Å². The van der Waals surface area contributed by atoms with Gasteiger partial charge in [-0.2, -0.15) is 0 Å². The van der Waals surface area contributed by atoms with E-state index in [4.69, 9.17) is 5.73 Å². The van der Waals surface area contributed by atoms with Crippen LogP contribution < -0.4 is 21.4 Å². The molecule has 0 radical (unpaired) electrons. The van der Waals surface area contributed by atoms with Crippen LogP contribution in [0.1, 0.15) is 41.7 Å². The van der Waals surface area contributed by atoms with Gasteiger partial charge in [-0.1, -0.05) is 0 Å². The average Bonchev–Trinajstić information content (AvgIpc) is 3.23. The van der Waals surface area contributed by atoms with Crippen LogP contribution >= 0.6 is 0 Å².